The Morgan fingerprint density at radius 3 is 2.67 bits per heavy atom. The van der Waals surface area contributed by atoms with Gasteiger partial charge in [-0.15, -0.1) is 0 Å². The summed E-state index contributed by atoms with van der Waals surface area (Å²) in [5, 5.41) is 2.85. The summed E-state index contributed by atoms with van der Waals surface area (Å²) >= 11 is 0. The van der Waals surface area contributed by atoms with Crippen LogP contribution in [0.25, 0.3) is 0 Å². The predicted octanol–water partition coefficient (Wildman–Crippen LogP) is 1.25. The maximum Gasteiger partial charge on any atom is 0.248 e. The van der Waals surface area contributed by atoms with Crippen LogP contribution in [0, 0.1) is 0 Å². The number of amides is 2. The van der Waals surface area contributed by atoms with Gasteiger partial charge in [-0.2, -0.15) is 0 Å². The molecule has 3 atom stereocenters. The van der Waals surface area contributed by atoms with Crippen LogP contribution in [0.4, 0.5) is 0 Å². The molecule has 0 bridgehead atoms. The number of carbonyl (C=O) groups is 2. The molecule has 112 valence electrons. The fraction of sp³-hybridized carbons (Fsp3) is 0.500. The highest BCUT2D eigenvalue weighted by Gasteiger charge is 2.44. The lowest BCUT2D eigenvalue weighted by atomic mass is 9.96. The molecule has 3 rings (SSSR count). The second kappa shape index (κ2) is 5.85. The maximum atomic E-state index is 12.7. The molecule has 5 nitrogen and oxygen atoms in total. The number of ether oxygens (including phenoxy) is 1. The Labute approximate surface area is 124 Å². The van der Waals surface area contributed by atoms with Crippen molar-refractivity contribution in [2.45, 2.75) is 37.9 Å². The Bertz CT molecular complexity index is 526. The molecule has 21 heavy (non-hydrogen) atoms. The molecule has 2 heterocycles. The van der Waals surface area contributed by atoms with Gasteiger partial charge in [0, 0.05) is 6.61 Å². The molecule has 0 spiro atoms. The van der Waals surface area contributed by atoms with Gasteiger partial charge in [0.2, 0.25) is 11.8 Å². The highest BCUT2D eigenvalue weighted by Crippen LogP contribution is 2.30. The first-order valence-electron chi connectivity index (χ1n) is 7.47. The number of piperazine rings is 1. The van der Waals surface area contributed by atoms with Gasteiger partial charge in [-0.05, 0) is 18.4 Å². The van der Waals surface area contributed by atoms with Crippen molar-refractivity contribution in [2.24, 2.45) is 0 Å². The molecule has 2 fully saturated rings. The number of hydrogen-bond acceptors (Lipinski definition) is 3. The molecule has 2 saturated heterocycles. The maximum absolute atomic E-state index is 12.7. The van der Waals surface area contributed by atoms with Crippen LogP contribution in [0.15, 0.2) is 30.3 Å². The number of carbonyl (C=O) groups excluding carboxylic acids is 2. The fourth-order valence-corrected chi connectivity index (χ4v) is 3.10. The molecule has 2 amide bonds. The summed E-state index contributed by atoms with van der Waals surface area (Å²) in [6.07, 6.45) is 1.40. The summed E-state index contributed by atoms with van der Waals surface area (Å²) in [6.45, 7) is 3.07. The highest BCUT2D eigenvalue weighted by atomic mass is 16.5. The monoisotopic (exact) mass is 288 g/mol. The third kappa shape index (κ3) is 2.53. The molecular formula is C16H20N2O3. The summed E-state index contributed by atoms with van der Waals surface area (Å²) in [5.41, 5.74) is 0.852. The molecule has 1 N–H and O–H groups in total. The van der Waals surface area contributed by atoms with Crippen LogP contribution in [0.2, 0.25) is 0 Å². The molecule has 0 aliphatic carbocycles. The molecule has 0 aromatic heterocycles. The average Bonchev–Trinajstić information content (AvgIpc) is 3.03. The van der Waals surface area contributed by atoms with Gasteiger partial charge in [0.25, 0.3) is 0 Å². The summed E-state index contributed by atoms with van der Waals surface area (Å²) in [4.78, 5) is 27.0. The minimum Gasteiger partial charge on any atom is -0.379 e. The van der Waals surface area contributed by atoms with E-state index < -0.39 is 12.1 Å². The van der Waals surface area contributed by atoms with Gasteiger partial charge in [0.15, 0.2) is 0 Å². The number of hydrogen-bond donors (Lipinski definition) is 1. The van der Waals surface area contributed by atoms with Crippen LogP contribution < -0.4 is 5.32 Å². The summed E-state index contributed by atoms with van der Waals surface area (Å²) in [7, 11) is 0. The number of benzene rings is 1. The minimum atomic E-state index is -0.548. The third-order valence-corrected chi connectivity index (χ3v) is 4.22. The molecule has 5 heteroatoms. The van der Waals surface area contributed by atoms with E-state index in [-0.39, 0.29) is 17.9 Å². The van der Waals surface area contributed by atoms with Gasteiger partial charge in [0.05, 0.1) is 12.6 Å². The van der Waals surface area contributed by atoms with Crippen molar-refractivity contribution < 1.29 is 14.3 Å². The Morgan fingerprint density at radius 1 is 1.29 bits per heavy atom. The van der Waals surface area contributed by atoms with Gasteiger partial charge in [-0.1, -0.05) is 37.3 Å². The van der Waals surface area contributed by atoms with E-state index in [4.69, 9.17) is 4.74 Å². The lowest BCUT2D eigenvalue weighted by Crippen LogP contribution is -2.61. The van der Waals surface area contributed by atoms with Gasteiger partial charge < -0.3 is 15.0 Å². The molecule has 1 aromatic carbocycles. The minimum absolute atomic E-state index is 0.00135. The van der Waals surface area contributed by atoms with Crippen LogP contribution in [0.3, 0.4) is 0 Å². The van der Waals surface area contributed by atoms with E-state index in [1.54, 1.807) is 4.90 Å². The molecule has 0 saturated carbocycles. The van der Waals surface area contributed by atoms with E-state index in [2.05, 4.69) is 5.32 Å². The fourth-order valence-electron chi connectivity index (χ4n) is 3.10. The van der Waals surface area contributed by atoms with E-state index in [0.717, 1.165) is 12.0 Å². The van der Waals surface area contributed by atoms with E-state index >= 15 is 0 Å². The second-order valence-electron chi connectivity index (χ2n) is 5.55. The predicted molar refractivity (Wildman–Crippen MR) is 77.5 cm³/mol. The van der Waals surface area contributed by atoms with E-state index in [1.165, 1.54) is 0 Å². The average molecular weight is 288 g/mol. The summed E-state index contributed by atoms with van der Waals surface area (Å²) in [5.74, 6) is -0.0963. The van der Waals surface area contributed by atoms with Crippen molar-refractivity contribution in [3.63, 3.8) is 0 Å². The van der Waals surface area contributed by atoms with E-state index in [0.29, 0.717) is 19.6 Å². The van der Waals surface area contributed by atoms with Crippen LogP contribution in [0.1, 0.15) is 31.4 Å². The summed E-state index contributed by atoms with van der Waals surface area (Å²) in [6, 6.07) is 8.50. The Morgan fingerprint density at radius 2 is 2.05 bits per heavy atom. The molecule has 3 unspecified atom stereocenters. The lowest BCUT2D eigenvalue weighted by Gasteiger charge is -2.42. The zero-order valence-corrected chi connectivity index (χ0v) is 12.1. The molecule has 0 radical (unpaired) electrons. The second-order valence-corrected chi connectivity index (χ2v) is 5.55. The zero-order valence-electron chi connectivity index (χ0n) is 12.1. The highest BCUT2D eigenvalue weighted by molar-refractivity contribution is 5.97. The normalized spacial score (nSPS) is 29.6. The van der Waals surface area contributed by atoms with Crippen molar-refractivity contribution in [1.29, 1.82) is 0 Å². The first kappa shape index (κ1) is 14.1. The molecule has 2 aliphatic heterocycles. The zero-order chi connectivity index (χ0) is 14.8. The number of nitrogens with one attached hydrogen (secondary N) is 1. The quantitative estimate of drug-likeness (QED) is 0.911. The lowest BCUT2D eigenvalue weighted by molar-refractivity contribution is -0.152. The Hall–Kier alpha value is -1.88. The Kier molecular flexibility index (Phi) is 3.92. The van der Waals surface area contributed by atoms with Gasteiger partial charge in [-0.3, -0.25) is 9.59 Å². The largest absolute Gasteiger partial charge is 0.379 e. The van der Waals surface area contributed by atoms with Crippen molar-refractivity contribution in [2.75, 3.05) is 13.2 Å². The smallest absolute Gasteiger partial charge is 0.248 e. The Balaban J connectivity index is 1.97. The SMILES string of the molecule is CCC1NC(=O)C(c2ccccc2)N(C2CCOC2)C1=O. The number of nitrogens with zero attached hydrogens (tertiary/aromatic N) is 1. The number of rotatable bonds is 3. The first-order chi connectivity index (χ1) is 10.2. The topological polar surface area (TPSA) is 58.6 Å². The molecular weight excluding hydrogens is 268 g/mol. The van der Waals surface area contributed by atoms with Crippen LogP contribution in [0.5, 0.6) is 0 Å². The van der Waals surface area contributed by atoms with Crippen LogP contribution in [-0.2, 0) is 14.3 Å². The van der Waals surface area contributed by atoms with Gasteiger partial charge in [0.1, 0.15) is 12.1 Å². The standard InChI is InChI=1S/C16H20N2O3/c1-2-13-16(20)18(12-8-9-21-10-12)14(15(19)17-13)11-6-4-3-5-7-11/h3-7,12-14H,2,8-10H2,1H3,(H,17,19). The first-order valence-corrected chi connectivity index (χ1v) is 7.47. The third-order valence-electron chi connectivity index (χ3n) is 4.22. The molecule has 1 aromatic rings. The van der Waals surface area contributed by atoms with E-state index in [9.17, 15) is 9.59 Å². The van der Waals surface area contributed by atoms with Gasteiger partial charge in [-0.25, -0.2) is 0 Å². The van der Waals surface area contributed by atoms with Gasteiger partial charge >= 0.3 is 0 Å². The van der Waals surface area contributed by atoms with Crippen molar-refractivity contribution >= 4 is 11.8 Å². The van der Waals surface area contributed by atoms with Crippen molar-refractivity contribution in [1.82, 2.24) is 10.2 Å². The van der Waals surface area contributed by atoms with Crippen molar-refractivity contribution in [3.8, 4) is 0 Å². The molecule has 2 aliphatic rings. The summed E-state index contributed by atoms with van der Waals surface area (Å²) < 4.78 is 5.42. The van der Waals surface area contributed by atoms with Crippen molar-refractivity contribution in [3.05, 3.63) is 35.9 Å². The van der Waals surface area contributed by atoms with Crippen LogP contribution >= 0.6 is 0 Å². The van der Waals surface area contributed by atoms with Crippen LogP contribution in [-0.4, -0.2) is 42.0 Å². The van der Waals surface area contributed by atoms with E-state index in [1.807, 2.05) is 37.3 Å².